The molecule has 0 unspecified atom stereocenters. The van der Waals surface area contributed by atoms with E-state index in [9.17, 15) is 0 Å². The van der Waals surface area contributed by atoms with Crippen molar-refractivity contribution in [2.24, 2.45) is 5.92 Å². The number of hydrogen-bond acceptors (Lipinski definition) is 1. The SMILES string of the molecule is Cc1cc(/C=C(/CNC2CC2)C2CCCCC2)ccc1Br. The first-order chi connectivity index (χ1) is 10.2. The van der Waals surface area contributed by atoms with Crippen molar-refractivity contribution >= 4 is 22.0 Å². The van der Waals surface area contributed by atoms with Crippen LogP contribution in [-0.4, -0.2) is 12.6 Å². The van der Waals surface area contributed by atoms with Gasteiger partial charge in [-0.25, -0.2) is 0 Å². The summed E-state index contributed by atoms with van der Waals surface area (Å²) in [6.07, 6.45) is 12.2. The highest BCUT2D eigenvalue weighted by Gasteiger charge is 2.23. The smallest absolute Gasteiger partial charge is 0.0204 e. The Morgan fingerprint density at radius 3 is 2.62 bits per heavy atom. The average Bonchev–Trinajstić information content (AvgIpc) is 3.32. The molecule has 0 saturated heterocycles. The van der Waals surface area contributed by atoms with Crippen molar-refractivity contribution in [2.45, 2.75) is 57.9 Å². The Labute approximate surface area is 137 Å². The first-order valence-electron chi connectivity index (χ1n) is 8.42. The summed E-state index contributed by atoms with van der Waals surface area (Å²) >= 11 is 3.60. The highest BCUT2D eigenvalue weighted by molar-refractivity contribution is 9.10. The summed E-state index contributed by atoms with van der Waals surface area (Å²) in [5.41, 5.74) is 4.30. The van der Waals surface area contributed by atoms with Gasteiger partial charge in [0.25, 0.3) is 0 Å². The molecule has 3 rings (SSSR count). The normalized spacial score (nSPS) is 20.8. The lowest BCUT2D eigenvalue weighted by Crippen LogP contribution is -2.24. The molecule has 1 aromatic rings. The molecule has 0 amide bonds. The molecule has 2 aliphatic rings. The van der Waals surface area contributed by atoms with E-state index in [0.29, 0.717) is 0 Å². The van der Waals surface area contributed by atoms with Gasteiger partial charge in [-0.1, -0.05) is 59.0 Å². The number of nitrogens with one attached hydrogen (secondary N) is 1. The van der Waals surface area contributed by atoms with E-state index in [2.05, 4.69) is 52.4 Å². The van der Waals surface area contributed by atoms with Crippen LogP contribution in [0.2, 0.25) is 0 Å². The van der Waals surface area contributed by atoms with Gasteiger partial charge in [-0.15, -0.1) is 0 Å². The summed E-state index contributed by atoms with van der Waals surface area (Å²) in [6.45, 7) is 3.26. The predicted molar refractivity (Wildman–Crippen MR) is 94.5 cm³/mol. The highest BCUT2D eigenvalue weighted by atomic mass is 79.9. The van der Waals surface area contributed by atoms with Crippen molar-refractivity contribution in [3.05, 3.63) is 39.4 Å². The molecule has 1 N–H and O–H groups in total. The Morgan fingerprint density at radius 2 is 1.95 bits per heavy atom. The maximum Gasteiger partial charge on any atom is 0.0204 e. The van der Waals surface area contributed by atoms with Crippen LogP contribution in [-0.2, 0) is 0 Å². The zero-order valence-electron chi connectivity index (χ0n) is 13.0. The summed E-state index contributed by atoms with van der Waals surface area (Å²) in [5, 5.41) is 3.72. The number of benzene rings is 1. The molecule has 0 bridgehead atoms. The zero-order valence-corrected chi connectivity index (χ0v) is 14.6. The van der Waals surface area contributed by atoms with Crippen molar-refractivity contribution < 1.29 is 0 Å². The molecule has 0 heterocycles. The van der Waals surface area contributed by atoms with Crippen LogP contribution in [0.25, 0.3) is 6.08 Å². The third-order valence-electron chi connectivity index (χ3n) is 4.84. The molecule has 0 atom stereocenters. The largest absolute Gasteiger partial charge is 0.310 e. The predicted octanol–water partition coefficient (Wildman–Crippen LogP) is 5.47. The molecule has 2 saturated carbocycles. The van der Waals surface area contributed by atoms with Gasteiger partial charge in [0, 0.05) is 17.1 Å². The molecule has 0 spiro atoms. The molecule has 2 aliphatic carbocycles. The van der Waals surface area contributed by atoms with E-state index in [1.807, 2.05) is 0 Å². The molecule has 0 aliphatic heterocycles. The van der Waals surface area contributed by atoms with E-state index >= 15 is 0 Å². The van der Waals surface area contributed by atoms with Gasteiger partial charge in [0.05, 0.1) is 0 Å². The van der Waals surface area contributed by atoms with Crippen molar-refractivity contribution in [3.8, 4) is 0 Å². The van der Waals surface area contributed by atoms with E-state index in [0.717, 1.165) is 18.5 Å². The number of halogens is 1. The minimum atomic E-state index is 0.795. The van der Waals surface area contributed by atoms with E-state index in [1.54, 1.807) is 5.57 Å². The summed E-state index contributed by atoms with van der Waals surface area (Å²) in [7, 11) is 0. The number of rotatable bonds is 5. The quantitative estimate of drug-likeness (QED) is 0.744. The van der Waals surface area contributed by atoms with Crippen molar-refractivity contribution in [2.75, 3.05) is 6.54 Å². The van der Waals surface area contributed by atoms with Crippen LogP contribution < -0.4 is 5.32 Å². The Balaban J connectivity index is 1.77. The summed E-state index contributed by atoms with van der Waals surface area (Å²) < 4.78 is 1.20. The molecule has 114 valence electrons. The molecule has 0 radical (unpaired) electrons. The van der Waals surface area contributed by atoms with Gasteiger partial charge in [-0.05, 0) is 55.7 Å². The monoisotopic (exact) mass is 347 g/mol. The van der Waals surface area contributed by atoms with Crippen LogP contribution in [0, 0.1) is 12.8 Å². The fourth-order valence-electron chi connectivity index (χ4n) is 3.31. The number of hydrogen-bond donors (Lipinski definition) is 1. The van der Waals surface area contributed by atoms with Gasteiger partial charge in [0.15, 0.2) is 0 Å². The minimum Gasteiger partial charge on any atom is -0.310 e. The van der Waals surface area contributed by atoms with Crippen LogP contribution in [0.3, 0.4) is 0 Å². The first-order valence-corrected chi connectivity index (χ1v) is 9.21. The van der Waals surface area contributed by atoms with Crippen molar-refractivity contribution in [1.82, 2.24) is 5.32 Å². The fraction of sp³-hybridized carbons (Fsp3) is 0.579. The van der Waals surface area contributed by atoms with E-state index in [-0.39, 0.29) is 0 Å². The third kappa shape index (κ3) is 4.43. The second kappa shape index (κ2) is 7.11. The molecular formula is C19H26BrN. The first kappa shape index (κ1) is 15.3. The number of aryl methyl sites for hydroxylation is 1. The zero-order chi connectivity index (χ0) is 14.7. The summed E-state index contributed by atoms with van der Waals surface area (Å²) in [4.78, 5) is 0. The topological polar surface area (TPSA) is 12.0 Å². The van der Waals surface area contributed by atoms with Gasteiger partial charge in [-0.3, -0.25) is 0 Å². The third-order valence-corrected chi connectivity index (χ3v) is 5.73. The van der Waals surface area contributed by atoms with Gasteiger partial charge in [0.2, 0.25) is 0 Å². The van der Waals surface area contributed by atoms with Gasteiger partial charge >= 0.3 is 0 Å². The Hall–Kier alpha value is -0.600. The van der Waals surface area contributed by atoms with E-state index in [1.165, 1.54) is 60.5 Å². The van der Waals surface area contributed by atoms with Gasteiger partial charge in [0.1, 0.15) is 0 Å². The molecule has 0 aromatic heterocycles. The second-order valence-corrected chi connectivity index (χ2v) is 7.57. The van der Waals surface area contributed by atoms with E-state index < -0.39 is 0 Å². The lowest BCUT2D eigenvalue weighted by molar-refractivity contribution is 0.396. The summed E-state index contributed by atoms with van der Waals surface area (Å²) in [5.74, 6) is 0.800. The fourth-order valence-corrected chi connectivity index (χ4v) is 3.55. The Bertz CT molecular complexity index is 510. The maximum atomic E-state index is 3.72. The maximum absolute atomic E-state index is 3.72. The standard InChI is InChI=1S/C19H26BrN/c1-14-11-15(7-10-19(14)20)12-17(13-21-18-8-9-18)16-5-3-2-4-6-16/h7,10-12,16,18,21H,2-6,8-9,13H2,1H3/b17-12-. The average molecular weight is 348 g/mol. The van der Waals surface area contributed by atoms with Gasteiger partial charge < -0.3 is 5.32 Å². The molecule has 21 heavy (non-hydrogen) atoms. The van der Waals surface area contributed by atoms with E-state index in [4.69, 9.17) is 0 Å². The van der Waals surface area contributed by atoms with Crippen LogP contribution in [0.1, 0.15) is 56.1 Å². The van der Waals surface area contributed by atoms with Crippen LogP contribution >= 0.6 is 15.9 Å². The lowest BCUT2D eigenvalue weighted by atomic mass is 9.83. The molecular weight excluding hydrogens is 322 g/mol. The second-order valence-electron chi connectivity index (χ2n) is 6.72. The molecule has 2 heteroatoms. The van der Waals surface area contributed by atoms with Gasteiger partial charge in [-0.2, -0.15) is 0 Å². The minimum absolute atomic E-state index is 0.795. The van der Waals surface area contributed by atoms with Crippen LogP contribution in [0.5, 0.6) is 0 Å². The molecule has 1 nitrogen and oxygen atoms in total. The van der Waals surface area contributed by atoms with Crippen LogP contribution in [0.4, 0.5) is 0 Å². The Kier molecular flexibility index (Phi) is 5.18. The molecule has 1 aromatic carbocycles. The lowest BCUT2D eigenvalue weighted by Gasteiger charge is -2.25. The van der Waals surface area contributed by atoms with Crippen LogP contribution in [0.15, 0.2) is 28.2 Å². The highest BCUT2D eigenvalue weighted by Crippen LogP contribution is 2.31. The molecule has 2 fully saturated rings. The van der Waals surface area contributed by atoms with Crippen molar-refractivity contribution in [1.29, 1.82) is 0 Å². The van der Waals surface area contributed by atoms with Crippen molar-refractivity contribution in [3.63, 3.8) is 0 Å². The Morgan fingerprint density at radius 1 is 1.19 bits per heavy atom. The summed E-state index contributed by atoms with van der Waals surface area (Å²) in [6, 6.07) is 7.50.